The van der Waals surface area contributed by atoms with E-state index < -0.39 is 17.8 Å². The topological polar surface area (TPSA) is 115 Å². The van der Waals surface area contributed by atoms with Crippen LogP contribution < -0.4 is 10.1 Å². The van der Waals surface area contributed by atoms with Gasteiger partial charge in [-0.3, -0.25) is 15.0 Å². The molecule has 0 spiro atoms. The van der Waals surface area contributed by atoms with Gasteiger partial charge in [0.2, 0.25) is 12.4 Å². The highest BCUT2D eigenvalue weighted by atomic mass is 35.5. The molecule has 0 heterocycles. The lowest BCUT2D eigenvalue weighted by molar-refractivity contribution is -0.115. The number of guanidine groups is 1. The van der Waals surface area contributed by atoms with Gasteiger partial charge in [0.15, 0.2) is 11.6 Å². The molecule has 0 bridgehead atoms. The molecule has 2 aromatic carbocycles. The largest absolute Gasteiger partial charge is 0.488 e. The van der Waals surface area contributed by atoms with Gasteiger partial charge in [-0.15, -0.1) is 0 Å². The molecule has 3 amide bonds. The van der Waals surface area contributed by atoms with Gasteiger partial charge in [-0.1, -0.05) is 23.7 Å². The number of ether oxygens (including phenoxy) is 1. The average Bonchev–Trinajstić information content (AvgIpc) is 2.83. The van der Waals surface area contributed by atoms with Crippen molar-refractivity contribution in [1.29, 1.82) is 0 Å². The van der Waals surface area contributed by atoms with Gasteiger partial charge in [0.1, 0.15) is 0 Å². The summed E-state index contributed by atoms with van der Waals surface area (Å²) in [6.45, 7) is 3.03. The van der Waals surface area contributed by atoms with Gasteiger partial charge < -0.3 is 19.8 Å². The van der Waals surface area contributed by atoms with E-state index in [1.54, 1.807) is 38.1 Å². The number of hydrogen-bond donors (Lipinski definition) is 3. The quantitative estimate of drug-likeness (QED) is 0.259. The molecular weight excluding hydrogens is 479 g/mol. The van der Waals surface area contributed by atoms with E-state index in [-0.39, 0.29) is 49.8 Å². The molecule has 3 N–H and O–H groups in total. The van der Waals surface area contributed by atoms with Crippen molar-refractivity contribution in [3.05, 3.63) is 58.9 Å². The number of amides is 3. The minimum atomic E-state index is -0.646. The van der Waals surface area contributed by atoms with E-state index in [2.05, 4.69) is 10.3 Å². The van der Waals surface area contributed by atoms with Crippen LogP contribution >= 0.6 is 11.6 Å². The van der Waals surface area contributed by atoms with Crippen molar-refractivity contribution in [2.75, 3.05) is 26.8 Å². The Morgan fingerprint density at radius 3 is 2.40 bits per heavy atom. The van der Waals surface area contributed by atoms with Crippen LogP contribution in [0.15, 0.2) is 47.5 Å². The van der Waals surface area contributed by atoms with Crippen molar-refractivity contribution in [3.8, 4) is 5.75 Å². The Morgan fingerprint density at radius 2 is 1.86 bits per heavy atom. The standard InChI is InChI=1S/C24H30ClFN4O5/c1-16(2)35-22-9-8-20(10-21(22)26)27-23(28-24(34)29(3)11-18(13-31)14-32)30(15-33)12-17-4-6-19(25)7-5-17/h4-10,15-16,18,31-32H,11-14H2,1-3H3,(H,27,28,34). The maximum atomic E-state index is 14.5. The fourth-order valence-electron chi connectivity index (χ4n) is 2.98. The summed E-state index contributed by atoms with van der Waals surface area (Å²) in [6, 6.07) is 10.2. The molecule has 0 aliphatic carbocycles. The van der Waals surface area contributed by atoms with E-state index in [0.717, 1.165) is 11.0 Å². The van der Waals surface area contributed by atoms with Crippen LogP contribution in [0.2, 0.25) is 5.02 Å². The molecule has 0 fully saturated rings. The molecule has 0 aliphatic heterocycles. The second kappa shape index (κ2) is 13.6. The first-order valence-electron chi connectivity index (χ1n) is 10.9. The Hall–Kier alpha value is -3.21. The van der Waals surface area contributed by atoms with Crippen molar-refractivity contribution >= 4 is 35.7 Å². The summed E-state index contributed by atoms with van der Waals surface area (Å²) in [5, 5.41) is 21.7. The summed E-state index contributed by atoms with van der Waals surface area (Å²) < 4.78 is 19.9. The fraction of sp³-hybridized carbons (Fsp3) is 0.375. The lowest BCUT2D eigenvalue weighted by Gasteiger charge is -2.25. The summed E-state index contributed by atoms with van der Waals surface area (Å²) in [5.74, 6) is -1.28. The molecule has 0 saturated heterocycles. The number of halogens is 2. The third-order valence-electron chi connectivity index (χ3n) is 4.79. The highest BCUT2D eigenvalue weighted by Crippen LogP contribution is 2.24. The van der Waals surface area contributed by atoms with Crippen LogP contribution in [0.5, 0.6) is 5.75 Å². The van der Waals surface area contributed by atoms with Crippen molar-refractivity contribution in [2.24, 2.45) is 10.9 Å². The van der Waals surface area contributed by atoms with Crippen LogP contribution in [0, 0.1) is 11.7 Å². The second-order valence-corrected chi connectivity index (χ2v) is 8.55. The number of carbonyl (C=O) groups excluding carboxylic acids is 2. The summed E-state index contributed by atoms with van der Waals surface area (Å²) in [6.07, 6.45) is 0.265. The van der Waals surface area contributed by atoms with E-state index in [0.29, 0.717) is 17.0 Å². The van der Waals surface area contributed by atoms with E-state index >= 15 is 0 Å². The first-order valence-corrected chi connectivity index (χ1v) is 11.3. The maximum absolute atomic E-state index is 14.5. The summed E-state index contributed by atoms with van der Waals surface area (Å²) in [5.41, 5.74) is 0.854. The summed E-state index contributed by atoms with van der Waals surface area (Å²) in [7, 11) is 1.47. The number of nitrogens with one attached hydrogen (secondary N) is 1. The van der Waals surface area contributed by atoms with Crippen LogP contribution in [-0.4, -0.2) is 71.3 Å². The molecule has 35 heavy (non-hydrogen) atoms. The number of benzene rings is 2. The molecule has 9 nitrogen and oxygen atoms in total. The van der Waals surface area contributed by atoms with Crippen molar-refractivity contribution in [1.82, 2.24) is 15.1 Å². The molecule has 0 aromatic heterocycles. The zero-order valence-corrected chi connectivity index (χ0v) is 20.6. The van der Waals surface area contributed by atoms with Gasteiger partial charge in [0, 0.05) is 43.8 Å². The third-order valence-corrected chi connectivity index (χ3v) is 5.04. The molecule has 0 atom stereocenters. The molecule has 190 valence electrons. The van der Waals surface area contributed by atoms with Gasteiger partial charge in [-0.2, -0.15) is 0 Å². The average molecular weight is 509 g/mol. The number of nitrogens with zero attached hydrogens (tertiary/aromatic N) is 3. The highest BCUT2D eigenvalue weighted by Gasteiger charge is 2.20. The number of aliphatic hydroxyl groups excluding tert-OH is 2. The van der Waals surface area contributed by atoms with Gasteiger partial charge in [0.25, 0.3) is 0 Å². The predicted octanol–water partition coefficient (Wildman–Crippen LogP) is 3.15. The van der Waals surface area contributed by atoms with Crippen LogP contribution in [-0.2, 0) is 11.3 Å². The molecule has 0 aliphatic rings. The van der Waals surface area contributed by atoms with E-state index in [4.69, 9.17) is 16.3 Å². The van der Waals surface area contributed by atoms with Gasteiger partial charge in [-0.05, 0) is 43.7 Å². The second-order valence-electron chi connectivity index (χ2n) is 8.12. The molecule has 0 radical (unpaired) electrons. The number of urea groups is 1. The lowest BCUT2D eigenvalue weighted by Crippen LogP contribution is -2.49. The van der Waals surface area contributed by atoms with Crippen LogP contribution in [0.3, 0.4) is 0 Å². The van der Waals surface area contributed by atoms with E-state index in [1.807, 2.05) is 0 Å². The summed E-state index contributed by atoms with van der Waals surface area (Å²) in [4.78, 5) is 31.4. The third kappa shape index (κ3) is 8.82. The molecule has 2 aromatic rings. The van der Waals surface area contributed by atoms with E-state index in [1.165, 1.54) is 24.1 Å². The number of rotatable bonds is 10. The number of hydrogen-bond acceptors (Lipinski definition) is 6. The minimum Gasteiger partial charge on any atom is -0.488 e. The Morgan fingerprint density at radius 1 is 1.20 bits per heavy atom. The first-order chi connectivity index (χ1) is 16.7. The Balaban J connectivity index is 2.36. The highest BCUT2D eigenvalue weighted by molar-refractivity contribution is 6.30. The maximum Gasteiger partial charge on any atom is 0.323 e. The monoisotopic (exact) mass is 508 g/mol. The predicted molar refractivity (Wildman–Crippen MR) is 131 cm³/mol. The molecule has 2 rings (SSSR count). The summed E-state index contributed by atoms with van der Waals surface area (Å²) >= 11 is 5.93. The van der Waals surface area contributed by atoms with Crippen molar-refractivity contribution in [3.63, 3.8) is 0 Å². The van der Waals surface area contributed by atoms with Crippen molar-refractivity contribution in [2.45, 2.75) is 26.5 Å². The minimum absolute atomic E-state index is 0.0520. The van der Waals surface area contributed by atoms with Crippen LogP contribution in [0.1, 0.15) is 19.4 Å². The Bertz CT molecular complexity index is 1020. The smallest absolute Gasteiger partial charge is 0.323 e. The molecular formula is C24H30ClFN4O5. The SMILES string of the molecule is CC(C)Oc1ccc(N=C(NC(=O)N(C)CC(CO)CO)N(C=O)Cc2ccc(Cl)cc2)cc1F. The normalized spacial score (nSPS) is 11.5. The van der Waals surface area contributed by atoms with E-state index in [9.17, 15) is 24.2 Å². The zero-order valence-electron chi connectivity index (χ0n) is 19.8. The molecule has 0 saturated carbocycles. The van der Waals surface area contributed by atoms with Crippen LogP contribution in [0.25, 0.3) is 0 Å². The fourth-order valence-corrected chi connectivity index (χ4v) is 3.10. The lowest BCUT2D eigenvalue weighted by atomic mass is 10.2. The number of aliphatic hydroxyl groups is 2. The molecule has 0 unspecified atom stereocenters. The Kier molecular flexibility index (Phi) is 10.9. The molecule has 11 heteroatoms. The van der Waals surface area contributed by atoms with Crippen LogP contribution in [0.4, 0.5) is 14.9 Å². The van der Waals surface area contributed by atoms with Gasteiger partial charge >= 0.3 is 6.03 Å². The van der Waals surface area contributed by atoms with Gasteiger partial charge in [-0.25, -0.2) is 14.2 Å². The number of aliphatic imine (C=N–C) groups is 1. The zero-order chi connectivity index (χ0) is 26.0. The number of carbonyl (C=O) groups is 2. The first kappa shape index (κ1) is 28.0. The Labute approximate surface area is 208 Å². The van der Waals surface area contributed by atoms with Gasteiger partial charge in [0.05, 0.1) is 18.3 Å². The van der Waals surface area contributed by atoms with Crippen molar-refractivity contribution < 1.29 is 28.9 Å².